The summed E-state index contributed by atoms with van der Waals surface area (Å²) in [5.74, 6) is -2.27. The fraction of sp³-hybridized carbons (Fsp3) is 0.385. The van der Waals surface area contributed by atoms with E-state index in [0.717, 1.165) is 6.07 Å². The van der Waals surface area contributed by atoms with Crippen molar-refractivity contribution < 1.29 is 19.1 Å². The van der Waals surface area contributed by atoms with E-state index < -0.39 is 23.0 Å². The first-order chi connectivity index (χ1) is 9.01. The molecule has 19 heavy (non-hydrogen) atoms. The number of carbonyl (C=O) groups is 2. The zero-order valence-corrected chi connectivity index (χ0v) is 10.9. The third-order valence-electron chi connectivity index (χ3n) is 2.60. The van der Waals surface area contributed by atoms with Crippen LogP contribution < -0.4 is 5.32 Å². The predicted octanol–water partition coefficient (Wildman–Crippen LogP) is 1.13. The van der Waals surface area contributed by atoms with E-state index in [1.165, 1.54) is 24.1 Å². The fourth-order valence-electron chi connectivity index (χ4n) is 1.66. The molecule has 0 aliphatic heterocycles. The number of aromatic hydroxyl groups is 1. The van der Waals surface area contributed by atoms with Crippen LogP contribution in [0.3, 0.4) is 0 Å². The molecule has 1 aromatic carbocycles. The molecule has 1 rings (SSSR count). The van der Waals surface area contributed by atoms with Crippen LogP contribution in [0.4, 0.5) is 4.39 Å². The van der Waals surface area contributed by atoms with E-state index in [4.69, 9.17) is 0 Å². The Kier molecular flexibility index (Phi) is 5.29. The number of carbonyl (C=O) groups excluding carboxylic acids is 2. The van der Waals surface area contributed by atoms with Crippen molar-refractivity contribution in [3.63, 3.8) is 0 Å². The monoisotopic (exact) mass is 268 g/mol. The third kappa shape index (κ3) is 3.67. The summed E-state index contributed by atoms with van der Waals surface area (Å²) in [4.78, 5) is 24.7. The number of phenolic OH excluding ortho intramolecular Hbond substituents is 1. The first-order valence-electron chi connectivity index (χ1n) is 5.98. The van der Waals surface area contributed by atoms with Crippen molar-refractivity contribution in [1.82, 2.24) is 10.2 Å². The van der Waals surface area contributed by atoms with Crippen LogP contribution in [-0.4, -0.2) is 42.0 Å². The maximum atomic E-state index is 13.6. The maximum absolute atomic E-state index is 13.6. The van der Waals surface area contributed by atoms with Crippen molar-refractivity contribution in [2.24, 2.45) is 0 Å². The molecule has 5 nitrogen and oxygen atoms in total. The topological polar surface area (TPSA) is 69.6 Å². The Morgan fingerprint density at radius 2 is 2.11 bits per heavy atom. The SMILES string of the molecule is CCCN(CC(=O)NC)C(=O)c1c(O)cccc1F. The minimum absolute atomic E-state index is 0.170. The number of hydrogen-bond acceptors (Lipinski definition) is 3. The highest BCUT2D eigenvalue weighted by molar-refractivity contribution is 5.98. The molecule has 1 aromatic rings. The number of amides is 2. The lowest BCUT2D eigenvalue weighted by atomic mass is 10.1. The van der Waals surface area contributed by atoms with Gasteiger partial charge in [0, 0.05) is 13.6 Å². The number of benzene rings is 1. The van der Waals surface area contributed by atoms with Crippen molar-refractivity contribution in [1.29, 1.82) is 0 Å². The summed E-state index contributed by atoms with van der Waals surface area (Å²) in [6.45, 7) is 1.97. The van der Waals surface area contributed by atoms with Crippen molar-refractivity contribution in [3.05, 3.63) is 29.6 Å². The van der Waals surface area contributed by atoms with E-state index in [9.17, 15) is 19.1 Å². The van der Waals surface area contributed by atoms with Gasteiger partial charge in [-0.1, -0.05) is 13.0 Å². The van der Waals surface area contributed by atoms with Crippen LogP contribution in [0.25, 0.3) is 0 Å². The number of likely N-dealkylation sites (N-methyl/N-ethyl adjacent to an activating group) is 1. The lowest BCUT2D eigenvalue weighted by molar-refractivity contribution is -0.121. The zero-order chi connectivity index (χ0) is 14.4. The second-order valence-electron chi connectivity index (χ2n) is 4.03. The minimum Gasteiger partial charge on any atom is -0.507 e. The average Bonchev–Trinajstić information content (AvgIpc) is 2.37. The van der Waals surface area contributed by atoms with Crippen molar-refractivity contribution in [2.75, 3.05) is 20.1 Å². The molecule has 2 N–H and O–H groups in total. The summed E-state index contributed by atoms with van der Waals surface area (Å²) < 4.78 is 13.6. The highest BCUT2D eigenvalue weighted by atomic mass is 19.1. The molecule has 104 valence electrons. The largest absolute Gasteiger partial charge is 0.507 e. The van der Waals surface area contributed by atoms with E-state index >= 15 is 0 Å². The van der Waals surface area contributed by atoms with E-state index in [0.29, 0.717) is 13.0 Å². The first kappa shape index (κ1) is 14.9. The fourth-order valence-corrected chi connectivity index (χ4v) is 1.66. The van der Waals surface area contributed by atoms with Gasteiger partial charge < -0.3 is 15.3 Å². The molecule has 0 aliphatic carbocycles. The Morgan fingerprint density at radius 1 is 1.42 bits per heavy atom. The van der Waals surface area contributed by atoms with E-state index in [1.807, 2.05) is 6.92 Å². The zero-order valence-electron chi connectivity index (χ0n) is 10.9. The molecule has 0 heterocycles. The van der Waals surface area contributed by atoms with Crippen LogP contribution in [-0.2, 0) is 4.79 Å². The third-order valence-corrected chi connectivity index (χ3v) is 2.60. The molecule has 6 heteroatoms. The van der Waals surface area contributed by atoms with E-state index in [-0.39, 0.29) is 12.5 Å². The summed E-state index contributed by atoms with van der Waals surface area (Å²) in [5, 5.41) is 12.0. The Morgan fingerprint density at radius 3 is 2.63 bits per heavy atom. The number of hydrogen-bond donors (Lipinski definition) is 2. The predicted molar refractivity (Wildman–Crippen MR) is 68.3 cm³/mol. The first-order valence-corrected chi connectivity index (χ1v) is 5.98. The van der Waals surface area contributed by atoms with Crippen molar-refractivity contribution in [2.45, 2.75) is 13.3 Å². The highest BCUT2D eigenvalue weighted by Crippen LogP contribution is 2.21. The van der Waals surface area contributed by atoms with Crippen LogP contribution in [0.1, 0.15) is 23.7 Å². The molecule has 0 saturated heterocycles. The van der Waals surface area contributed by atoms with Crippen LogP contribution in [0.15, 0.2) is 18.2 Å². The van der Waals surface area contributed by atoms with Gasteiger partial charge >= 0.3 is 0 Å². The lowest BCUT2D eigenvalue weighted by Crippen LogP contribution is -2.40. The van der Waals surface area contributed by atoms with Gasteiger partial charge in [-0.15, -0.1) is 0 Å². The van der Waals surface area contributed by atoms with Gasteiger partial charge in [-0.3, -0.25) is 9.59 Å². The number of rotatable bonds is 5. The molecular weight excluding hydrogens is 251 g/mol. The van der Waals surface area contributed by atoms with Gasteiger partial charge in [0.1, 0.15) is 17.1 Å². The number of halogens is 1. The van der Waals surface area contributed by atoms with Gasteiger partial charge in [-0.05, 0) is 18.6 Å². The normalized spacial score (nSPS) is 10.1. The molecule has 0 radical (unpaired) electrons. The summed E-state index contributed by atoms with van der Waals surface area (Å²) in [5.41, 5.74) is -0.403. The molecule has 0 saturated carbocycles. The second kappa shape index (κ2) is 6.72. The molecule has 0 atom stereocenters. The van der Waals surface area contributed by atoms with E-state index in [2.05, 4.69) is 5.32 Å². The minimum atomic E-state index is -0.803. The summed E-state index contributed by atoms with van der Waals surface area (Å²) >= 11 is 0. The van der Waals surface area contributed by atoms with Gasteiger partial charge in [0.05, 0.1) is 6.54 Å². The number of nitrogens with one attached hydrogen (secondary N) is 1. The molecule has 2 amide bonds. The molecule has 0 bridgehead atoms. The standard InChI is InChI=1S/C13H17FN2O3/c1-3-7-16(8-11(18)15-2)13(19)12-9(14)5-4-6-10(12)17/h4-6,17H,3,7-8H2,1-2H3,(H,15,18). The van der Waals surface area contributed by atoms with Gasteiger partial charge in [-0.25, -0.2) is 4.39 Å². The Balaban J connectivity index is 3.02. The Labute approximate surface area is 111 Å². The number of nitrogens with zero attached hydrogens (tertiary/aromatic N) is 1. The van der Waals surface area contributed by atoms with Crippen LogP contribution >= 0.6 is 0 Å². The van der Waals surface area contributed by atoms with Gasteiger partial charge in [0.2, 0.25) is 5.91 Å². The summed E-state index contributed by atoms with van der Waals surface area (Å²) in [7, 11) is 1.46. The molecule has 0 spiro atoms. The summed E-state index contributed by atoms with van der Waals surface area (Å²) in [6, 6.07) is 3.64. The molecule has 0 aromatic heterocycles. The van der Waals surface area contributed by atoms with Crippen LogP contribution in [0.5, 0.6) is 5.75 Å². The van der Waals surface area contributed by atoms with Crippen molar-refractivity contribution >= 4 is 11.8 Å². The molecule has 0 unspecified atom stereocenters. The maximum Gasteiger partial charge on any atom is 0.261 e. The lowest BCUT2D eigenvalue weighted by Gasteiger charge is -2.21. The highest BCUT2D eigenvalue weighted by Gasteiger charge is 2.23. The smallest absolute Gasteiger partial charge is 0.261 e. The summed E-state index contributed by atoms with van der Waals surface area (Å²) in [6.07, 6.45) is 0.623. The molecule has 0 fully saturated rings. The van der Waals surface area contributed by atoms with Crippen LogP contribution in [0, 0.1) is 5.82 Å². The quantitative estimate of drug-likeness (QED) is 0.841. The van der Waals surface area contributed by atoms with Gasteiger partial charge in [0.15, 0.2) is 0 Å². The Bertz CT molecular complexity index is 457. The second-order valence-corrected chi connectivity index (χ2v) is 4.03. The molecule has 0 aliphatic rings. The van der Waals surface area contributed by atoms with Gasteiger partial charge in [0.25, 0.3) is 5.91 Å². The van der Waals surface area contributed by atoms with Gasteiger partial charge in [-0.2, -0.15) is 0 Å². The van der Waals surface area contributed by atoms with E-state index in [1.54, 1.807) is 0 Å². The Hall–Kier alpha value is -2.11. The number of phenols is 1. The molecular formula is C13H17FN2O3. The van der Waals surface area contributed by atoms with Crippen LogP contribution in [0.2, 0.25) is 0 Å². The average molecular weight is 268 g/mol. The van der Waals surface area contributed by atoms with Crippen molar-refractivity contribution in [3.8, 4) is 5.75 Å².